The molecule has 1 amide bonds. The first-order valence-electron chi connectivity index (χ1n) is 8.15. The van der Waals surface area contributed by atoms with Crippen LogP contribution < -0.4 is 5.32 Å². The van der Waals surface area contributed by atoms with E-state index < -0.39 is 11.9 Å². The van der Waals surface area contributed by atoms with Crippen LogP contribution in [0.5, 0.6) is 0 Å². The summed E-state index contributed by atoms with van der Waals surface area (Å²) in [6, 6.07) is 8.92. The Hall–Kier alpha value is -3.13. The third-order valence-electron chi connectivity index (χ3n) is 3.68. The third kappa shape index (κ3) is 4.35. The van der Waals surface area contributed by atoms with Gasteiger partial charge in [-0.2, -0.15) is 0 Å². The quantitative estimate of drug-likeness (QED) is 0.669. The van der Waals surface area contributed by atoms with Crippen molar-refractivity contribution < 1.29 is 18.7 Å². The van der Waals surface area contributed by atoms with E-state index in [1.165, 1.54) is 35.6 Å². The maximum Gasteiger partial charge on any atom is 0.339 e. The van der Waals surface area contributed by atoms with Crippen molar-refractivity contribution in [1.29, 1.82) is 0 Å². The first-order chi connectivity index (χ1) is 13.0. The summed E-state index contributed by atoms with van der Waals surface area (Å²) >= 11 is 1.25. The number of ether oxygens (including phenoxy) is 1. The number of esters is 1. The van der Waals surface area contributed by atoms with E-state index in [0.29, 0.717) is 22.1 Å². The molecule has 0 spiro atoms. The summed E-state index contributed by atoms with van der Waals surface area (Å²) in [6.07, 6.45) is 0. The van der Waals surface area contributed by atoms with Gasteiger partial charge in [-0.1, -0.05) is 0 Å². The Morgan fingerprint density at radius 1 is 1.15 bits per heavy atom. The van der Waals surface area contributed by atoms with Gasteiger partial charge in [0.15, 0.2) is 5.13 Å². The Morgan fingerprint density at radius 3 is 2.56 bits per heavy atom. The van der Waals surface area contributed by atoms with Gasteiger partial charge < -0.3 is 4.74 Å². The molecule has 138 valence electrons. The van der Waals surface area contributed by atoms with Gasteiger partial charge in [0.05, 0.1) is 23.6 Å². The Morgan fingerprint density at radius 2 is 1.89 bits per heavy atom. The SMILES string of the molecule is CCOC(=O)c1ccc(C(=O)Nc2nc(-c3ccc(F)cc3)cs2)nc1C. The molecule has 0 unspecified atom stereocenters. The summed E-state index contributed by atoms with van der Waals surface area (Å²) in [6.45, 7) is 3.62. The number of carbonyl (C=O) groups is 2. The number of pyridine rings is 1. The van der Waals surface area contributed by atoms with Gasteiger partial charge in [0.25, 0.3) is 5.91 Å². The predicted molar refractivity (Wildman–Crippen MR) is 100 cm³/mol. The average Bonchev–Trinajstić information content (AvgIpc) is 3.10. The van der Waals surface area contributed by atoms with Crippen LogP contribution in [0.1, 0.15) is 33.5 Å². The lowest BCUT2D eigenvalue weighted by Gasteiger charge is -2.07. The minimum atomic E-state index is -0.474. The average molecular weight is 385 g/mol. The molecule has 0 aliphatic rings. The number of hydrogen-bond acceptors (Lipinski definition) is 6. The zero-order valence-corrected chi connectivity index (χ0v) is 15.5. The summed E-state index contributed by atoms with van der Waals surface area (Å²) in [4.78, 5) is 32.7. The van der Waals surface area contributed by atoms with Crippen LogP contribution in [0.2, 0.25) is 0 Å². The molecule has 0 saturated carbocycles. The summed E-state index contributed by atoms with van der Waals surface area (Å²) in [5.41, 5.74) is 2.28. The smallest absolute Gasteiger partial charge is 0.339 e. The molecule has 0 radical (unpaired) electrons. The molecule has 3 rings (SSSR count). The molecule has 0 fully saturated rings. The molecular formula is C19H16FN3O3S. The van der Waals surface area contributed by atoms with Crippen molar-refractivity contribution in [1.82, 2.24) is 9.97 Å². The van der Waals surface area contributed by atoms with Gasteiger partial charge in [-0.3, -0.25) is 10.1 Å². The van der Waals surface area contributed by atoms with Gasteiger partial charge in [-0.05, 0) is 50.2 Å². The maximum absolute atomic E-state index is 13.0. The number of rotatable bonds is 5. The number of thiazole rings is 1. The Bertz CT molecular complexity index is 986. The molecule has 1 N–H and O–H groups in total. The van der Waals surface area contributed by atoms with E-state index in [2.05, 4.69) is 15.3 Å². The summed E-state index contributed by atoms with van der Waals surface area (Å²) in [5, 5.41) is 4.84. The lowest BCUT2D eigenvalue weighted by Crippen LogP contribution is -2.16. The monoisotopic (exact) mass is 385 g/mol. The number of halogens is 1. The van der Waals surface area contributed by atoms with Crippen LogP contribution in [-0.2, 0) is 4.74 Å². The fourth-order valence-corrected chi connectivity index (χ4v) is 3.07. The molecule has 2 heterocycles. The van der Waals surface area contributed by atoms with Crippen molar-refractivity contribution in [2.45, 2.75) is 13.8 Å². The lowest BCUT2D eigenvalue weighted by atomic mass is 10.2. The highest BCUT2D eigenvalue weighted by Crippen LogP contribution is 2.25. The van der Waals surface area contributed by atoms with Gasteiger partial charge >= 0.3 is 5.97 Å². The molecule has 0 bridgehead atoms. The molecule has 6 nitrogen and oxygen atoms in total. The number of nitrogens with one attached hydrogen (secondary N) is 1. The molecule has 27 heavy (non-hydrogen) atoms. The van der Waals surface area contributed by atoms with Gasteiger partial charge in [-0.25, -0.2) is 19.2 Å². The molecule has 3 aromatic rings. The molecule has 2 aromatic heterocycles. The van der Waals surface area contributed by atoms with Crippen LogP contribution >= 0.6 is 11.3 Å². The molecule has 0 aliphatic carbocycles. The highest BCUT2D eigenvalue weighted by Gasteiger charge is 2.16. The van der Waals surface area contributed by atoms with E-state index in [-0.39, 0.29) is 18.1 Å². The van der Waals surface area contributed by atoms with Crippen molar-refractivity contribution in [3.05, 3.63) is 64.5 Å². The molecule has 1 aromatic carbocycles. The molecule has 0 saturated heterocycles. The largest absolute Gasteiger partial charge is 0.462 e. The number of aryl methyl sites for hydroxylation is 1. The standard InChI is InChI=1S/C19H16FN3O3S/c1-3-26-18(25)14-8-9-15(21-11(14)2)17(24)23-19-22-16(10-27-19)12-4-6-13(20)7-5-12/h4-10H,3H2,1-2H3,(H,22,23,24). The second-order valence-corrected chi connectivity index (χ2v) is 6.41. The summed E-state index contributed by atoms with van der Waals surface area (Å²) in [5.74, 6) is -1.23. The first-order valence-corrected chi connectivity index (χ1v) is 9.03. The van der Waals surface area contributed by atoms with Crippen molar-refractivity contribution in [3.63, 3.8) is 0 Å². The Balaban J connectivity index is 1.73. The first kappa shape index (κ1) is 18.7. The fourth-order valence-electron chi connectivity index (χ4n) is 2.36. The minimum Gasteiger partial charge on any atom is -0.462 e. The van der Waals surface area contributed by atoms with E-state index in [9.17, 15) is 14.0 Å². The molecular weight excluding hydrogens is 369 g/mol. The van der Waals surface area contributed by atoms with E-state index in [1.54, 1.807) is 31.4 Å². The van der Waals surface area contributed by atoms with Crippen LogP contribution in [0.15, 0.2) is 41.8 Å². The van der Waals surface area contributed by atoms with Crippen molar-refractivity contribution >= 4 is 28.3 Å². The molecule has 0 atom stereocenters. The van der Waals surface area contributed by atoms with Gasteiger partial charge in [-0.15, -0.1) is 11.3 Å². The molecule has 0 aliphatic heterocycles. The number of benzene rings is 1. The van der Waals surface area contributed by atoms with Crippen LogP contribution in [0.4, 0.5) is 9.52 Å². The Kier molecular flexibility index (Phi) is 5.56. The minimum absolute atomic E-state index is 0.166. The Labute approximate surface area is 159 Å². The fraction of sp³-hybridized carbons (Fsp3) is 0.158. The number of carbonyl (C=O) groups excluding carboxylic acids is 2. The topological polar surface area (TPSA) is 81.2 Å². The molecule has 8 heteroatoms. The normalized spacial score (nSPS) is 10.5. The van der Waals surface area contributed by atoms with Crippen LogP contribution in [0, 0.1) is 12.7 Å². The van der Waals surface area contributed by atoms with Gasteiger partial charge in [0, 0.05) is 10.9 Å². The van der Waals surface area contributed by atoms with Crippen LogP contribution in [0.3, 0.4) is 0 Å². The van der Waals surface area contributed by atoms with Crippen molar-refractivity contribution in [3.8, 4) is 11.3 Å². The second-order valence-electron chi connectivity index (χ2n) is 5.55. The number of amides is 1. The van der Waals surface area contributed by atoms with Crippen LogP contribution in [0.25, 0.3) is 11.3 Å². The van der Waals surface area contributed by atoms with Crippen molar-refractivity contribution in [2.75, 3.05) is 11.9 Å². The zero-order valence-electron chi connectivity index (χ0n) is 14.7. The third-order valence-corrected chi connectivity index (χ3v) is 4.44. The summed E-state index contributed by atoms with van der Waals surface area (Å²) < 4.78 is 18.0. The van der Waals surface area contributed by atoms with Gasteiger partial charge in [0.1, 0.15) is 11.5 Å². The zero-order chi connectivity index (χ0) is 19.4. The number of anilines is 1. The predicted octanol–water partition coefficient (Wildman–Crippen LogP) is 4.08. The van der Waals surface area contributed by atoms with Crippen LogP contribution in [-0.4, -0.2) is 28.5 Å². The number of hydrogen-bond donors (Lipinski definition) is 1. The highest BCUT2D eigenvalue weighted by atomic mass is 32.1. The van der Waals surface area contributed by atoms with E-state index in [4.69, 9.17) is 4.74 Å². The van der Waals surface area contributed by atoms with Gasteiger partial charge in [0.2, 0.25) is 0 Å². The lowest BCUT2D eigenvalue weighted by molar-refractivity contribution is 0.0524. The highest BCUT2D eigenvalue weighted by molar-refractivity contribution is 7.14. The summed E-state index contributed by atoms with van der Waals surface area (Å²) in [7, 11) is 0. The van der Waals surface area contributed by atoms with Crippen molar-refractivity contribution in [2.24, 2.45) is 0 Å². The second kappa shape index (κ2) is 8.05. The number of nitrogens with zero attached hydrogens (tertiary/aromatic N) is 2. The number of aromatic nitrogens is 2. The van der Waals surface area contributed by atoms with E-state index >= 15 is 0 Å². The van der Waals surface area contributed by atoms with E-state index in [0.717, 1.165) is 5.56 Å². The van der Waals surface area contributed by atoms with E-state index in [1.807, 2.05) is 0 Å². The maximum atomic E-state index is 13.0.